The lowest BCUT2D eigenvalue weighted by Gasteiger charge is -2.25. The van der Waals surface area contributed by atoms with Crippen LogP contribution in [0.3, 0.4) is 0 Å². The van der Waals surface area contributed by atoms with E-state index in [0.29, 0.717) is 24.2 Å². The molecule has 3 aromatic rings. The molecule has 0 aliphatic rings. The van der Waals surface area contributed by atoms with Crippen LogP contribution in [0.25, 0.3) is 0 Å². The summed E-state index contributed by atoms with van der Waals surface area (Å²) >= 11 is 0. The number of nitrogens with zero attached hydrogens (tertiary/aromatic N) is 2. The second kappa shape index (κ2) is 13.2. The van der Waals surface area contributed by atoms with Gasteiger partial charge in [0.05, 0.1) is 0 Å². The van der Waals surface area contributed by atoms with Crippen molar-refractivity contribution in [1.82, 2.24) is 9.80 Å². The lowest BCUT2D eigenvalue weighted by molar-refractivity contribution is -0.133. The van der Waals surface area contributed by atoms with Crippen molar-refractivity contribution < 1.29 is 28.7 Å². The normalized spacial score (nSPS) is 10.4. The fourth-order valence-corrected chi connectivity index (χ4v) is 3.97. The third-order valence-corrected chi connectivity index (χ3v) is 5.80. The second-order valence-corrected chi connectivity index (χ2v) is 8.98. The zero-order chi connectivity index (χ0) is 27.7. The first-order valence-electron chi connectivity index (χ1n) is 12.2. The molecule has 0 atom stereocenters. The fourth-order valence-electron chi connectivity index (χ4n) is 3.97. The van der Waals surface area contributed by atoms with Crippen LogP contribution in [-0.2, 0) is 45.4 Å². The van der Waals surface area contributed by atoms with Gasteiger partial charge >= 0.3 is 11.9 Å². The molecule has 0 saturated carbocycles. The summed E-state index contributed by atoms with van der Waals surface area (Å²) in [5.41, 5.74) is 2.85. The number of esters is 2. The van der Waals surface area contributed by atoms with E-state index in [1.807, 2.05) is 60.7 Å². The van der Waals surface area contributed by atoms with Gasteiger partial charge in [-0.25, -0.2) is 0 Å². The summed E-state index contributed by atoms with van der Waals surface area (Å²) in [5, 5.41) is 0. The van der Waals surface area contributed by atoms with Crippen molar-refractivity contribution in [1.29, 1.82) is 0 Å². The average Bonchev–Trinajstić information content (AvgIpc) is 2.86. The van der Waals surface area contributed by atoms with Crippen LogP contribution in [0.5, 0.6) is 11.5 Å². The summed E-state index contributed by atoms with van der Waals surface area (Å²) in [5.74, 6) is -0.972. The van der Waals surface area contributed by atoms with Crippen molar-refractivity contribution in [3.05, 3.63) is 95.1 Å². The molecule has 8 nitrogen and oxygen atoms in total. The summed E-state index contributed by atoms with van der Waals surface area (Å²) in [6.07, 6.45) is 0. The maximum absolute atomic E-state index is 12.5. The van der Waals surface area contributed by atoms with E-state index in [9.17, 15) is 19.2 Å². The molecule has 0 saturated heterocycles. The highest BCUT2D eigenvalue weighted by atomic mass is 16.5. The topological polar surface area (TPSA) is 93.2 Å². The van der Waals surface area contributed by atoms with Crippen molar-refractivity contribution in [3.8, 4) is 11.5 Å². The van der Waals surface area contributed by atoms with Crippen LogP contribution in [-0.4, -0.2) is 33.6 Å². The zero-order valence-electron chi connectivity index (χ0n) is 22.1. The summed E-state index contributed by atoms with van der Waals surface area (Å²) in [6.45, 7) is 6.41. The highest BCUT2D eigenvalue weighted by molar-refractivity contribution is 5.75. The van der Waals surface area contributed by atoms with Crippen LogP contribution in [0.4, 0.5) is 0 Å². The Morgan fingerprint density at radius 1 is 0.553 bits per heavy atom. The minimum atomic E-state index is -0.539. The summed E-state index contributed by atoms with van der Waals surface area (Å²) in [6, 6.07) is 22.2. The standard InChI is InChI=1S/C30H32N2O6/c1-21(33)31(17-25-11-7-5-8-12-25)19-27-15-30(38-24(4)36)28(16-29(27)37-23(3)35)20-32(22(2)34)18-26-13-9-6-10-14-26/h5-16H,17-20H2,1-4H3. The van der Waals surface area contributed by atoms with Crippen molar-refractivity contribution in [2.24, 2.45) is 0 Å². The molecule has 0 heterocycles. The molecule has 198 valence electrons. The first-order chi connectivity index (χ1) is 18.1. The molecule has 3 aromatic carbocycles. The van der Waals surface area contributed by atoms with Gasteiger partial charge in [-0.3, -0.25) is 19.2 Å². The fraction of sp³-hybridized carbons (Fsp3) is 0.267. The van der Waals surface area contributed by atoms with Gasteiger partial charge in [-0.1, -0.05) is 60.7 Å². The van der Waals surface area contributed by atoms with Crippen molar-refractivity contribution in [3.63, 3.8) is 0 Å². The molecule has 0 bridgehead atoms. The third kappa shape index (κ3) is 8.30. The van der Waals surface area contributed by atoms with Gasteiger partial charge in [-0.15, -0.1) is 0 Å². The number of benzene rings is 3. The number of ether oxygens (including phenoxy) is 2. The summed E-state index contributed by atoms with van der Waals surface area (Å²) < 4.78 is 11.0. The van der Waals surface area contributed by atoms with Gasteiger partial charge in [-0.05, 0) is 23.3 Å². The van der Waals surface area contributed by atoms with Crippen molar-refractivity contribution in [2.75, 3.05) is 0 Å². The van der Waals surface area contributed by atoms with E-state index in [-0.39, 0.29) is 36.4 Å². The van der Waals surface area contributed by atoms with Crippen molar-refractivity contribution in [2.45, 2.75) is 53.9 Å². The lowest BCUT2D eigenvalue weighted by Crippen LogP contribution is -2.29. The van der Waals surface area contributed by atoms with Crippen LogP contribution in [0.2, 0.25) is 0 Å². The first-order valence-corrected chi connectivity index (χ1v) is 12.2. The second-order valence-electron chi connectivity index (χ2n) is 8.98. The number of rotatable bonds is 10. The van der Waals surface area contributed by atoms with E-state index >= 15 is 0 Å². The first kappa shape index (κ1) is 28.1. The zero-order valence-corrected chi connectivity index (χ0v) is 22.1. The van der Waals surface area contributed by atoms with Gasteiger partial charge in [0.25, 0.3) is 0 Å². The van der Waals surface area contributed by atoms with Crippen LogP contribution in [0.15, 0.2) is 72.8 Å². The largest absolute Gasteiger partial charge is 0.426 e. The van der Waals surface area contributed by atoms with Crippen LogP contribution >= 0.6 is 0 Å². The molecule has 0 N–H and O–H groups in total. The van der Waals surface area contributed by atoms with Gasteiger partial charge in [0.2, 0.25) is 11.8 Å². The van der Waals surface area contributed by atoms with E-state index < -0.39 is 11.9 Å². The van der Waals surface area contributed by atoms with Gasteiger partial charge in [-0.2, -0.15) is 0 Å². The molecular formula is C30H32N2O6. The Morgan fingerprint density at radius 3 is 1.18 bits per heavy atom. The van der Waals surface area contributed by atoms with Gasteiger partial charge in [0.15, 0.2) is 0 Å². The quantitative estimate of drug-likeness (QED) is 0.288. The molecule has 3 rings (SSSR count). The maximum Gasteiger partial charge on any atom is 0.308 e. The smallest absolute Gasteiger partial charge is 0.308 e. The van der Waals surface area contributed by atoms with Crippen LogP contribution in [0, 0.1) is 0 Å². The number of carbonyl (C=O) groups is 4. The number of carbonyl (C=O) groups excluding carboxylic acids is 4. The molecule has 0 aromatic heterocycles. The van der Waals surface area contributed by atoms with E-state index in [4.69, 9.17) is 9.47 Å². The number of hydrogen-bond acceptors (Lipinski definition) is 6. The Bertz CT molecular complexity index is 1190. The van der Waals surface area contributed by atoms with Crippen LogP contribution < -0.4 is 9.47 Å². The Morgan fingerprint density at radius 2 is 0.895 bits per heavy atom. The Hall–Kier alpha value is -4.46. The van der Waals surface area contributed by atoms with Gasteiger partial charge in [0.1, 0.15) is 11.5 Å². The van der Waals surface area contributed by atoms with Crippen molar-refractivity contribution >= 4 is 23.8 Å². The molecule has 0 spiro atoms. The predicted octanol–water partition coefficient (Wildman–Crippen LogP) is 4.63. The summed E-state index contributed by atoms with van der Waals surface area (Å²) in [4.78, 5) is 52.1. The SMILES string of the molecule is CC(=O)Oc1cc(CN(Cc2ccccc2)C(C)=O)c(OC(C)=O)cc1CN(Cc1ccccc1)C(C)=O. The monoisotopic (exact) mass is 516 g/mol. The maximum atomic E-state index is 12.5. The van der Waals surface area contributed by atoms with E-state index in [0.717, 1.165) is 11.1 Å². The van der Waals surface area contributed by atoms with Crippen LogP contribution in [0.1, 0.15) is 49.9 Å². The molecule has 38 heavy (non-hydrogen) atoms. The number of hydrogen-bond donors (Lipinski definition) is 0. The average molecular weight is 517 g/mol. The molecule has 2 amide bonds. The van der Waals surface area contributed by atoms with Gasteiger partial charge in [0, 0.05) is 65.0 Å². The van der Waals surface area contributed by atoms with E-state index in [1.54, 1.807) is 21.9 Å². The molecule has 0 unspecified atom stereocenters. The molecule has 0 aliphatic heterocycles. The Labute approximate surface area is 222 Å². The predicted molar refractivity (Wildman–Crippen MR) is 142 cm³/mol. The van der Waals surface area contributed by atoms with Gasteiger partial charge < -0.3 is 19.3 Å². The minimum absolute atomic E-state index is 0.113. The Kier molecular flexibility index (Phi) is 9.76. The molecule has 8 heteroatoms. The minimum Gasteiger partial charge on any atom is -0.426 e. The summed E-state index contributed by atoms with van der Waals surface area (Å²) in [7, 11) is 0. The number of amides is 2. The molecule has 0 fully saturated rings. The van der Waals surface area contributed by atoms with E-state index in [2.05, 4.69) is 0 Å². The molecular weight excluding hydrogens is 484 g/mol. The third-order valence-electron chi connectivity index (χ3n) is 5.80. The van der Waals surface area contributed by atoms with E-state index in [1.165, 1.54) is 27.7 Å². The molecule has 0 aliphatic carbocycles. The molecule has 0 radical (unpaired) electrons. The highest BCUT2D eigenvalue weighted by Crippen LogP contribution is 2.32. The Balaban J connectivity index is 2.00. The highest BCUT2D eigenvalue weighted by Gasteiger charge is 2.21. The lowest BCUT2D eigenvalue weighted by atomic mass is 10.1.